The van der Waals surface area contributed by atoms with Crippen molar-refractivity contribution in [2.24, 2.45) is 4.99 Å². The van der Waals surface area contributed by atoms with Crippen LogP contribution in [0.3, 0.4) is 0 Å². The molecule has 9 heteroatoms. The standard InChI is InChI=1S/C22H28F3N5O/c1-17(22(23,24)25)28-11-13-29(14-12-28)21(26-2)27-15-18-6-8-19(9-7-18)16-30-10-4-3-5-20(30)31/h3-10,17H,11-16H2,1-2H3,(H,26,27). The second-order valence-electron chi connectivity index (χ2n) is 7.62. The summed E-state index contributed by atoms with van der Waals surface area (Å²) in [5, 5.41) is 3.29. The van der Waals surface area contributed by atoms with Crippen molar-refractivity contribution in [3.8, 4) is 0 Å². The van der Waals surface area contributed by atoms with E-state index >= 15 is 0 Å². The highest BCUT2D eigenvalue weighted by Gasteiger charge is 2.41. The van der Waals surface area contributed by atoms with Crippen LogP contribution in [-0.4, -0.2) is 65.8 Å². The Morgan fingerprint density at radius 3 is 2.29 bits per heavy atom. The molecule has 0 spiro atoms. The minimum absolute atomic E-state index is 0.0400. The van der Waals surface area contributed by atoms with Crippen molar-refractivity contribution < 1.29 is 13.2 Å². The lowest BCUT2D eigenvalue weighted by Gasteiger charge is -2.39. The average Bonchev–Trinajstić information content (AvgIpc) is 2.76. The number of hydrogen-bond donors (Lipinski definition) is 1. The summed E-state index contributed by atoms with van der Waals surface area (Å²) in [7, 11) is 1.67. The number of piperazine rings is 1. The largest absolute Gasteiger partial charge is 0.403 e. The van der Waals surface area contributed by atoms with Crippen molar-refractivity contribution in [2.45, 2.75) is 32.2 Å². The van der Waals surface area contributed by atoms with E-state index in [0.717, 1.165) is 11.1 Å². The predicted molar refractivity (Wildman–Crippen MR) is 115 cm³/mol. The van der Waals surface area contributed by atoms with E-state index in [1.807, 2.05) is 35.2 Å². The fourth-order valence-corrected chi connectivity index (χ4v) is 3.59. The first-order chi connectivity index (χ1) is 14.8. The first-order valence-corrected chi connectivity index (χ1v) is 10.3. The molecule has 0 amide bonds. The molecule has 1 aromatic heterocycles. The number of hydrogen-bond acceptors (Lipinski definition) is 3. The van der Waals surface area contributed by atoms with E-state index < -0.39 is 12.2 Å². The van der Waals surface area contributed by atoms with Gasteiger partial charge < -0.3 is 14.8 Å². The van der Waals surface area contributed by atoms with Crippen LogP contribution in [0.4, 0.5) is 13.2 Å². The first-order valence-electron chi connectivity index (χ1n) is 10.3. The zero-order chi connectivity index (χ0) is 22.4. The van der Waals surface area contributed by atoms with Crippen LogP contribution in [-0.2, 0) is 13.1 Å². The lowest BCUT2D eigenvalue weighted by molar-refractivity contribution is -0.181. The van der Waals surface area contributed by atoms with Crippen LogP contribution in [0.1, 0.15) is 18.1 Å². The number of aromatic nitrogens is 1. The second-order valence-corrected chi connectivity index (χ2v) is 7.62. The molecular weight excluding hydrogens is 407 g/mol. The zero-order valence-corrected chi connectivity index (χ0v) is 17.8. The lowest BCUT2D eigenvalue weighted by Crippen LogP contribution is -2.56. The summed E-state index contributed by atoms with van der Waals surface area (Å²) < 4.78 is 40.4. The van der Waals surface area contributed by atoms with E-state index in [1.165, 1.54) is 17.9 Å². The molecule has 1 aliphatic heterocycles. The molecule has 1 aliphatic rings. The molecule has 31 heavy (non-hydrogen) atoms. The van der Waals surface area contributed by atoms with Gasteiger partial charge in [0.2, 0.25) is 0 Å². The van der Waals surface area contributed by atoms with E-state index in [4.69, 9.17) is 0 Å². The van der Waals surface area contributed by atoms with Gasteiger partial charge in [0.15, 0.2) is 5.96 Å². The predicted octanol–water partition coefficient (Wildman–Crippen LogP) is 2.54. The average molecular weight is 435 g/mol. The van der Waals surface area contributed by atoms with Gasteiger partial charge in [0.25, 0.3) is 5.56 Å². The van der Waals surface area contributed by atoms with Gasteiger partial charge in [0.05, 0.1) is 6.54 Å². The Hall–Kier alpha value is -2.81. The van der Waals surface area contributed by atoms with Gasteiger partial charge in [0, 0.05) is 52.0 Å². The van der Waals surface area contributed by atoms with Gasteiger partial charge in [-0.1, -0.05) is 30.3 Å². The third-order valence-corrected chi connectivity index (χ3v) is 5.57. The first kappa shape index (κ1) is 22.9. The van der Waals surface area contributed by atoms with Crippen LogP contribution in [0.5, 0.6) is 0 Å². The second kappa shape index (κ2) is 10.00. The van der Waals surface area contributed by atoms with Crippen molar-refractivity contribution >= 4 is 5.96 Å². The number of halogens is 3. The summed E-state index contributed by atoms with van der Waals surface area (Å²) >= 11 is 0. The van der Waals surface area contributed by atoms with Crippen molar-refractivity contribution in [1.82, 2.24) is 19.7 Å². The summed E-state index contributed by atoms with van der Waals surface area (Å²) in [6.45, 7) is 3.94. The zero-order valence-electron chi connectivity index (χ0n) is 17.8. The van der Waals surface area contributed by atoms with E-state index in [2.05, 4.69) is 10.3 Å². The summed E-state index contributed by atoms with van der Waals surface area (Å²) in [6, 6.07) is 11.6. The molecule has 0 aliphatic carbocycles. The third kappa shape index (κ3) is 6.10. The Balaban J connectivity index is 1.51. The Morgan fingerprint density at radius 1 is 1.06 bits per heavy atom. The maximum atomic E-state index is 12.9. The number of nitrogens with zero attached hydrogens (tertiary/aromatic N) is 4. The van der Waals surface area contributed by atoms with Gasteiger partial charge in [-0.25, -0.2) is 0 Å². The van der Waals surface area contributed by atoms with Crippen molar-refractivity contribution in [1.29, 1.82) is 0 Å². The highest BCUT2D eigenvalue weighted by molar-refractivity contribution is 5.80. The van der Waals surface area contributed by atoms with Crippen LogP contribution in [0.15, 0.2) is 58.4 Å². The van der Waals surface area contributed by atoms with E-state index in [1.54, 1.807) is 23.9 Å². The highest BCUT2D eigenvalue weighted by Crippen LogP contribution is 2.25. The molecule has 2 aromatic rings. The molecule has 168 valence electrons. The molecule has 2 heterocycles. The number of alkyl halides is 3. The molecular formula is C22H28F3N5O. The molecule has 0 radical (unpaired) electrons. The summed E-state index contributed by atoms with van der Waals surface area (Å²) in [5.74, 6) is 0.680. The van der Waals surface area contributed by atoms with E-state index in [9.17, 15) is 18.0 Å². The minimum atomic E-state index is -4.21. The molecule has 0 bridgehead atoms. The van der Waals surface area contributed by atoms with Gasteiger partial charge in [0.1, 0.15) is 6.04 Å². The van der Waals surface area contributed by atoms with E-state index in [-0.39, 0.29) is 5.56 Å². The number of nitrogens with one attached hydrogen (secondary N) is 1. The van der Waals surface area contributed by atoms with Gasteiger partial charge >= 0.3 is 6.18 Å². The van der Waals surface area contributed by atoms with Crippen molar-refractivity contribution in [2.75, 3.05) is 33.2 Å². The van der Waals surface area contributed by atoms with Gasteiger partial charge in [-0.05, 0) is 24.1 Å². The molecule has 1 N–H and O–H groups in total. The third-order valence-electron chi connectivity index (χ3n) is 5.57. The molecule has 1 saturated heterocycles. The molecule has 1 unspecified atom stereocenters. The van der Waals surface area contributed by atoms with Gasteiger partial charge in [-0.15, -0.1) is 0 Å². The topological polar surface area (TPSA) is 52.9 Å². The summed E-state index contributed by atoms with van der Waals surface area (Å²) in [5.41, 5.74) is 2.03. The Morgan fingerprint density at radius 2 is 1.71 bits per heavy atom. The highest BCUT2D eigenvalue weighted by atomic mass is 19.4. The number of rotatable bonds is 5. The van der Waals surface area contributed by atoms with Crippen LogP contribution in [0.2, 0.25) is 0 Å². The van der Waals surface area contributed by atoms with Crippen molar-refractivity contribution in [3.05, 3.63) is 70.1 Å². The van der Waals surface area contributed by atoms with Crippen LogP contribution in [0.25, 0.3) is 0 Å². The summed E-state index contributed by atoms with van der Waals surface area (Å²) in [4.78, 5) is 19.6. The lowest BCUT2D eigenvalue weighted by atomic mass is 10.1. The number of guanidine groups is 1. The number of pyridine rings is 1. The molecule has 1 fully saturated rings. The van der Waals surface area contributed by atoms with Crippen LogP contribution in [0, 0.1) is 0 Å². The molecule has 0 saturated carbocycles. The monoisotopic (exact) mass is 435 g/mol. The normalized spacial score (nSPS) is 16.9. The maximum absolute atomic E-state index is 12.9. The van der Waals surface area contributed by atoms with E-state index in [0.29, 0.717) is 45.2 Å². The molecule has 1 atom stereocenters. The SMILES string of the molecule is CN=C(NCc1ccc(Cn2ccccc2=O)cc1)N1CCN(C(C)C(F)(F)F)CC1. The quantitative estimate of drug-likeness (QED) is 0.579. The minimum Gasteiger partial charge on any atom is -0.352 e. The van der Waals surface area contributed by atoms with Crippen molar-refractivity contribution in [3.63, 3.8) is 0 Å². The Bertz CT molecular complexity index is 931. The van der Waals surface area contributed by atoms with Crippen LogP contribution >= 0.6 is 0 Å². The Kier molecular flexibility index (Phi) is 7.37. The Labute approximate surface area is 180 Å². The van der Waals surface area contributed by atoms with Gasteiger partial charge in [-0.2, -0.15) is 13.2 Å². The van der Waals surface area contributed by atoms with Crippen LogP contribution < -0.4 is 10.9 Å². The molecule has 6 nitrogen and oxygen atoms in total. The molecule has 3 rings (SSSR count). The smallest absolute Gasteiger partial charge is 0.352 e. The summed E-state index contributed by atoms with van der Waals surface area (Å²) in [6.07, 6.45) is -2.44. The molecule has 1 aromatic carbocycles. The number of aliphatic imine (C=N–C) groups is 1. The fourth-order valence-electron chi connectivity index (χ4n) is 3.59. The van der Waals surface area contributed by atoms with Gasteiger partial charge in [-0.3, -0.25) is 14.7 Å². The fraction of sp³-hybridized carbons (Fsp3) is 0.455. The number of benzene rings is 1. The maximum Gasteiger partial charge on any atom is 0.403 e.